The Morgan fingerprint density at radius 3 is 2.00 bits per heavy atom. The first-order chi connectivity index (χ1) is 10.6. The van der Waals surface area contributed by atoms with Crippen LogP contribution in [0, 0.1) is 5.92 Å². The molecular weight excluding hydrogens is 276 g/mol. The van der Waals surface area contributed by atoms with Crippen LogP contribution < -0.4 is 0 Å². The molecule has 3 unspecified atom stereocenters. The van der Waals surface area contributed by atoms with Crippen LogP contribution in [0.25, 0.3) is 0 Å². The zero-order valence-corrected chi connectivity index (χ0v) is 15.7. The number of ether oxygens (including phenoxy) is 3. The van der Waals surface area contributed by atoms with E-state index in [0.29, 0.717) is 19.1 Å². The summed E-state index contributed by atoms with van der Waals surface area (Å²) in [6.45, 7) is 13.9. The van der Waals surface area contributed by atoms with Gasteiger partial charge >= 0.3 is 0 Å². The van der Waals surface area contributed by atoms with E-state index in [1.165, 1.54) is 38.5 Å². The van der Waals surface area contributed by atoms with Crippen molar-refractivity contribution in [1.82, 2.24) is 0 Å². The van der Waals surface area contributed by atoms with Gasteiger partial charge in [-0.2, -0.15) is 0 Å². The lowest BCUT2D eigenvalue weighted by atomic mass is 10.0. The molecule has 0 aromatic carbocycles. The van der Waals surface area contributed by atoms with Crippen LogP contribution in [0.15, 0.2) is 0 Å². The van der Waals surface area contributed by atoms with Crippen LogP contribution in [0.3, 0.4) is 0 Å². The fourth-order valence-electron chi connectivity index (χ4n) is 2.30. The van der Waals surface area contributed by atoms with Crippen molar-refractivity contribution in [2.45, 2.75) is 91.8 Å². The maximum absolute atomic E-state index is 5.93. The first-order valence-corrected chi connectivity index (χ1v) is 9.44. The van der Waals surface area contributed by atoms with Gasteiger partial charge in [0.15, 0.2) is 0 Å². The topological polar surface area (TPSA) is 27.7 Å². The van der Waals surface area contributed by atoms with Crippen molar-refractivity contribution in [3.63, 3.8) is 0 Å². The van der Waals surface area contributed by atoms with Crippen molar-refractivity contribution in [1.29, 1.82) is 0 Å². The molecule has 0 saturated carbocycles. The third-order valence-electron chi connectivity index (χ3n) is 4.02. The summed E-state index contributed by atoms with van der Waals surface area (Å²) in [5.41, 5.74) is 0. The molecule has 3 heteroatoms. The van der Waals surface area contributed by atoms with E-state index in [4.69, 9.17) is 14.2 Å². The zero-order valence-electron chi connectivity index (χ0n) is 15.7. The van der Waals surface area contributed by atoms with Crippen LogP contribution in [-0.4, -0.2) is 38.6 Å². The molecule has 3 atom stereocenters. The second kappa shape index (κ2) is 15.8. The molecule has 0 aliphatic rings. The van der Waals surface area contributed by atoms with Crippen LogP contribution in [0.2, 0.25) is 0 Å². The summed E-state index contributed by atoms with van der Waals surface area (Å²) in [5.74, 6) is 0.696. The lowest BCUT2D eigenvalue weighted by molar-refractivity contribution is -0.0637. The predicted octanol–water partition coefficient (Wildman–Crippen LogP) is 5.22. The van der Waals surface area contributed by atoms with Crippen molar-refractivity contribution >= 4 is 0 Å². The Bertz CT molecular complexity index is 221. The summed E-state index contributed by atoms with van der Waals surface area (Å²) >= 11 is 0. The van der Waals surface area contributed by atoms with E-state index >= 15 is 0 Å². The number of rotatable bonds is 16. The Hall–Kier alpha value is -0.120. The Labute approximate surface area is 139 Å². The summed E-state index contributed by atoms with van der Waals surface area (Å²) in [7, 11) is 0. The molecule has 0 radical (unpaired) electrons. The third kappa shape index (κ3) is 13.5. The first kappa shape index (κ1) is 21.9. The van der Waals surface area contributed by atoms with Gasteiger partial charge < -0.3 is 14.2 Å². The highest BCUT2D eigenvalue weighted by Gasteiger charge is 2.11. The predicted molar refractivity (Wildman–Crippen MR) is 94.5 cm³/mol. The molecule has 0 aliphatic heterocycles. The van der Waals surface area contributed by atoms with Crippen LogP contribution in [0.1, 0.15) is 79.6 Å². The smallest absolute Gasteiger partial charge is 0.0781 e. The Morgan fingerprint density at radius 1 is 0.727 bits per heavy atom. The first-order valence-electron chi connectivity index (χ1n) is 9.44. The minimum atomic E-state index is 0.148. The standard InChI is InChI=1S/C19H40O3/c1-6-9-11-13-20-14-17(4)21-15-18(5)22-16-19(8-3)12-10-7-2/h17-19H,6-16H2,1-5H3. The van der Waals surface area contributed by atoms with E-state index in [9.17, 15) is 0 Å². The van der Waals surface area contributed by atoms with E-state index in [1.807, 2.05) is 0 Å². The average Bonchev–Trinajstić information content (AvgIpc) is 2.53. The quantitative estimate of drug-likeness (QED) is 0.365. The fraction of sp³-hybridized carbons (Fsp3) is 1.00. The van der Waals surface area contributed by atoms with Crippen molar-refractivity contribution in [3.05, 3.63) is 0 Å². The Morgan fingerprint density at radius 2 is 1.36 bits per heavy atom. The molecule has 0 rings (SSSR count). The maximum atomic E-state index is 5.93. The van der Waals surface area contributed by atoms with Gasteiger partial charge in [-0.25, -0.2) is 0 Å². The van der Waals surface area contributed by atoms with Crippen molar-refractivity contribution < 1.29 is 14.2 Å². The third-order valence-corrected chi connectivity index (χ3v) is 4.02. The minimum Gasteiger partial charge on any atom is -0.379 e. The summed E-state index contributed by atoms with van der Waals surface area (Å²) in [6.07, 6.45) is 9.01. The second-order valence-electron chi connectivity index (χ2n) is 6.49. The monoisotopic (exact) mass is 316 g/mol. The number of hydrogen-bond acceptors (Lipinski definition) is 3. The fourth-order valence-corrected chi connectivity index (χ4v) is 2.30. The van der Waals surface area contributed by atoms with Crippen LogP contribution in [0.5, 0.6) is 0 Å². The highest BCUT2D eigenvalue weighted by atomic mass is 16.6. The molecular formula is C19H40O3. The van der Waals surface area contributed by atoms with Gasteiger partial charge in [0.25, 0.3) is 0 Å². The maximum Gasteiger partial charge on any atom is 0.0781 e. The molecule has 3 nitrogen and oxygen atoms in total. The highest BCUT2D eigenvalue weighted by Crippen LogP contribution is 2.14. The molecule has 0 amide bonds. The average molecular weight is 317 g/mol. The van der Waals surface area contributed by atoms with Gasteiger partial charge in [0.2, 0.25) is 0 Å². The SMILES string of the molecule is CCCCCOCC(C)OCC(C)OCC(CC)CCCC. The molecule has 0 aromatic heterocycles. The molecule has 0 heterocycles. The summed E-state index contributed by atoms with van der Waals surface area (Å²) in [6, 6.07) is 0. The molecule has 0 saturated heterocycles. The largest absolute Gasteiger partial charge is 0.379 e. The molecule has 22 heavy (non-hydrogen) atoms. The second-order valence-corrected chi connectivity index (χ2v) is 6.49. The van der Waals surface area contributed by atoms with Crippen LogP contribution >= 0.6 is 0 Å². The zero-order chi connectivity index (χ0) is 16.6. The normalized spacial score (nSPS) is 15.7. The lowest BCUT2D eigenvalue weighted by Crippen LogP contribution is -2.25. The summed E-state index contributed by atoms with van der Waals surface area (Å²) in [5, 5.41) is 0. The van der Waals surface area contributed by atoms with Crippen molar-refractivity contribution in [3.8, 4) is 0 Å². The number of hydrogen-bond donors (Lipinski definition) is 0. The van der Waals surface area contributed by atoms with Gasteiger partial charge in [-0.15, -0.1) is 0 Å². The Balaban J connectivity index is 3.59. The van der Waals surface area contributed by atoms with Gasteiger partial charge in [0, 0.05) is 13.2 Å². The van der Waals surface area contributed by atoms with Crippen LogP contribution in [0.4, 0.5) is 0 Å². The van der Waals surface area contributed by atoms with E-state index in [0.717, 1.165) is 19.6 Å². The molecule has 0 spiro atoms. The van der Waals surface area contributed by atoms with Gasteiger partial charge in [0.05, 0.1) is 25.4 Å². The van der Waals surface area contributed by atoms with Gasteiger partial charge in [-0.05, 0) is 32.6 Å². The molecule has 134 valence electrons. The number of unbranched alkanes of at least 4 members (excludes halogenated alkanes) is 3. The van der Waals surface area contributed by atoms with E-state index in [2.05, 4.69) is 34.6 Å². The van der Waals surface area contributed by atoms with Crippen molar-refractivity contribution in [2.24, 2.45) is 5.92 Å². The van der Waals surface area contributed by atoms with Crippen molar-refractivity contribution in [2.75, 3.05) is 26.4 Å². The molecule has 0 fully saturated rings. The van der Waals surface area contributed by atoms with Crippen LogP contribution in [-0.2, 0) is 14.2 Å². The Kier molecular flexibility index (Phi) is 15.7. The minimum absolute atomic E-state index is 0.148. The lowest BCUT2D eigenvalue weighted by Gasteiger charge is -2.21. The highest BCUT2D eigenvalue weighted by molar-refractivity contribution is 4.59. The molecule has 0 bridgehead atoms. The van der Waals surface area contributed by atoms with E-state index < -0.39 is 0 Å². The van der Waals surface area contributed by atoms with Gasteiger partial charge in [-0.1, -0.05) is 52.9 Å². The van der Waals surface area contributed by atoms with E-state index in [1.54, 1.807) is 0 Å². The van der Waals surface area contributed by atoms with E-state index in [-0.39, 0.29) is 12.2 Å². The molecule has 0 aliphatic carbocycles. The van der Waals surface area contributed by atoms with Gasteiger partial charge in [0.1, 0.15) is 0 Å². The summed E-state index contributed by atoms with van der Waals surface area (Å²) in [4.78, 5) is 0. The summed E-state index contributed by atoms with van der Waals surface area (Å²) < 4.78 is 17.4. The van der Waals surface area contributed by atoms with Gasteiger partial charge in [-0.3, -0.25) is 0 Å². The molecule has 0 N–H and O–H groups in total. The molecule has 0 aromatic rings.